The fourth-order valence-corrected chi connectivity index (χ4v) is 2.61. The van der Waals surface area contributed by atoms with Crippen molar-refractivity contribution < 1.29 is 9.53 Å². The lowest BCUT2D eigenvalue weighted by molar-refractivity contribution is 0.0719. The van der Waals surface area contributed by atoms with Gasteiger partial charge in [0, 0.05) is 25.6 Å². The molecule has 1 saturated heterocycles. The van der Waals surface area contributed by atoms with Crippen molar-refractivity contribution in [1.82, 2.24) is 9.88 Å². The summed E-state index contributed by atoms with van der Waals surface area (Å²) in [5.41, 5.74) is 6.23. The van der Waals surface area contributed by atoms with Gasteiger partial charge in [-0.05, 0) is 13.3 Å². The second kappa shape index (κ2) is 5.12. The number of hydrogen-bond donors (Lipinski definition) is 1. The third-order valence-electron chi connectivity index (χ3n) is 2.90. The number of methoxy groups -OCH3 is 1. The van der Waals surface area contributed by atoms with E-state index in [1.165, 1.54) is 11.3 Å². The summed E-state index contributed by atoms with van der Waals surface area (Å²) in [7, 11) is 1.68. The van der Waals surface area contributed by atoms with Gasteiger partial charge in [0.25, 0.3) is 5.91 Å². The zero-order chi connectivity index (χ0) is 12.4. The molecule has 0 spiro atoms. The first kappa shape index (κ1) is 12.5. The van der Waals surface area contributed by atoms with Crippen LogP contribution in [0.3, 0.4) is 0 Å². The van der Waals surface area contributed by atoms with E-state index in [1.54, 1.807) is 17.4 Å². The van der Waals surface area contributed by atoms with Gasteiger partial charge >= 0.3 is 0 Å². The van der Waals surface area contributed by atoms with Crippen molar-refractivity contribution in [3.05, 3.63) is 16.1 Å². The lowest BCUT2D eigenvalue weighted by Crippen LogP contribution is -2.30. The summed E-state index contributed by atoms with van der Waals surface area (Å²) in [6.45, 7) is 3.26. The normalized spacial score (nSPS) is 21.8. The van der Waals surface area contributed by atoms with Gasteiger partial charge in [0.2, 0.25) is 0 Å². The molecule has 0 radical (unpaired) electrons. The first-order chi connectivity index (χ1) is 8.11. The van der Waals surface area contributed by atoms with Gasteiger partial charge in [-0.2, -0.15) is 0 Å². The molecule has 2 N–H and O–H groups in total. The molecule has 1 amide bonds. The number of amides is 1. The van der Waals surface area contributed by atoms with Gasteiger partial charge in [0.1, 0.15) is 10.7 Å². The minimum absolute atomic E-state index is 0.0206. The van der Waals surface area contributed by atoms with Crippen molar-refractivity contribution in [3.63, 3.8) is 0 Å². The van der Waals surface area contributed by atoms with Crippen LogP contribution in [-0.4, -0.2) is 42.1 Å². The van der Waals surface area contributed by atoms with E-state index in [4.69, 9.17) is 10.5 Å². The van der Waals surface area contributed by atoms with Crippen molar-refractivity contribution in [2.24, 2.45) is 5.73 Å². The monoisotopic (exact) mass is 255 g/mol. The maximum absolute atomic E-state index is 12.1. The summed E-state index contributed by atoms with van der Waals surface area (Å²) in [6, 6.07) is -0.119. The third-order valence-corrected chi connectivity index (χ3v) is 3.94. The molecule has 2 atom stereocenters. The van der Waals surface area contributed by atoms with E-state index < -0.39 is 0 Å². The molecule has 1 aliphatic rings. The maximum atomic E-state index is 12.1. The summed E-state index contributed by atoms with van der Waals surface area (Å²) in [5.74, 6) is -0.0206. The SMILES string of the molecule is COC1CCN(C(=O)c2csc(C(C)N)n2)C1. The molecule has 94 valence electrons. The lowest BCUT2D eigenvalue weighted by atomic mass is 10.3. The van der Waals surface area contributed by atoms with Crippen molar-refractivity contribution in [1.29, 1.82) is 0 Å². The number of likely N-dealkylation sites (tertiary alicyclic amines) is 1. The van der Waals surface area contributed by atoms with Crippen molar-refractivity contribution in [2.75, 3.05) is 20.2 Å². The van der Waals surface area contributed by atoms with E-state index in [1.807, 2.05) is 6.92 Å². The number of aromatic nitrogens is 1. The first-order valence-corrected chi connectivity index (χ1v) is 6.53. The van der Waals surface area contributed by atoms with Crippen LogP contribution in [0.25, 0.3) is 0 Å². The average Bonchev–Trinajstić information content (AvgIpc) is 2.97. The molecule has 2 heterocycles. The number of carbonyl (C=O) groups excluding carboxylic acids is 1. The Morgan fingerprint density at radius 3 is 3.06 bits per heavy atom. The number of hydrogen-bond acceptors (Lipinski definition) is 5. The molecule has 1 aliphatic heterocycles. The fraction of sp³-hybridized carbons (Fsp3) is 0.636. The molecule has 1 fully saturated rings. The van der Waals surface area contributed by atoms with E-state index in [-0.39, 0.29) is 18.1 Å². The highest BCUT2D eigenvalue weighted by Gasteiger charge is 2.28. The largest absolute Gasteiger partial charge is 0.380 e. The Labute approximate surface area is 105 Å². The van der Waals surface area contributed by atoms with Crippen LogP contribution in [0.4, 0.5) is 0 Å². The zero-order valence-electron chi connectivity index (χ0n) is 10.0. The van der Waals surface area contributed by atoms with E-state index in [9.17, 15) is 4.79 Å². The minimum atomic E-state index is -0.119. The number of nitrogens with two attached hydrogens (primary N) is 1. The number of thiazole rings is 1. The van der Waals surface area contributed by atoms with Gasteiger partial charge < -0.3 is 15.4 Å². The Bertz CT molecular complexity index is 405. The molecule has 17 heavy (non-hydrogen) atoms. The van der Waals surface area contributed by atoms with Crippen LogP contribution in [0.2, 0.25) is 0 Å². The maximum Gasteiger partial charge on any atom is 0.273 e. The van der Waals surface area contributed by atoms with Crippen molar-refractivity contribution in [3.8, 4) is 0 Å². The van der Waals surface area contributed by atoms with E-state index in [2.05, 4.69) is 4.98 Å². The minimum Gasteiger partial charge on any atom is -0.380 e. The van der Waals surface area contributed by atoms with Crippen LogP contribution in [-0.2, 0) is 4.74 Å². The van der Waals surface area contributed by atoms with Crippen molar-refractivity contribution in [2.45, 2.75) is 25.5 Å². The summed E-state index contributed by atoms with van der Waals surface area (Å²) in [6.07, 6.45) is 1.05. The second-order valence-corrected chi connectivity index (χ2v) is 5.15. The first-order valence-electron chi connectivity index (χ1n) is 5.65. The van der Waals surface area contributed by atoms with E-state index in [0.717, 1.165) is 18.0 Å². The second-order valence-electron chi connectivity index (χ2n) is 4.26. The molecule has 0 bridgehead atoms. The molecule has 5 nitrogen and oxygen atoms in total. The number of carbonyl (C=O) groups is 1. The average molecular weight is 255 g/mol. The molecule has 2 rings (SSSR count). The summed E-state index contributed by atoms with van der Waals surface area (Å²) in [4.78, 5) is 18.2. The third kappa shape index (κ3) is 2.65. The topological polar surface area (TPSA) is 68.5 Å². The molecule has 0 saturated carbocycles. The van der Waals surface area contributed by atoms with Crippen molar-refractivity contribution >= 4 is 17.2 Å². The fourth-order valence-electron chi connectivity index (χ4n) is 1.86. The summed E-state index contributed by atoms with van der Waals surface area (Å²) < 4.78 is 5.24. The molecule has 6 heteroatoms. The molecule has 1 aromatic heterocycles. The van der Waals surface area contributed by atoms with E-state index in [0.29, 0.717) is 12.2 Å². The Balaban J connectivity index is 2.04. The smallest absolute Gasteiger partial charge is 0.273 e. The van der Waals surface area contributed by atoms with E-state index >= 15 is 0 Å². The van der Waals surface area contributed by atoms with Gasteiger partial charge in [-0.25, -0.2) is 4.98 Å². The van der Waals surface area contributed by atoms with Gasteiger partial charge in [-0.1, -0.05) is 0 Å². The van der Waals surface area contributed by atoms with Crippen LogP contribution in [0.5, 0.6) is 0 Å². The number of rotatable bonds is 3. The molecule has 1 aromatic rings. The van der Waals surface area contributed by atoms with Gasteiger partial charge in [-0.15, -0.1) is 11.3 Å². The summed E-state index contributed by atoms with van der Waals surface area (Å²) in [5, 5.41) is 2.58. The predicted octanol–water partition coefficient (Wildman–Crippen LogP) is 1.02. The Morgan fingerprint density at radius 1 is 1.76 bits per heavy atom. The Kier molecular flexibility index (Phi) is 3.76. The Morgan fingerprint density at radius 2 is 2.53 bits per heavy atom. The van der Waals surface area contributed by atoms with Crippen LogP contribution in [0, 0.1) is 0 Å². The molecular weight excluding hydrogens is 238 g/mol. The predicted molar refractivity (Wildman–Crippen MR) is 66.0 cm³/mol. The van der Waals surface area contributed by atoms with Crippen LogP contribution < -0.4 is 5.73 Å². The molecular formula is C11H17N3O2S. The van der Waals surface area contributed by atoms with Crippen LogP contribution in [0.15, 0.2) is 5.38 Å². The highest BCUT2D eigenvalue weighted by molar-refractivity contribution is 7.09. The lowest BCUT2D eigenvalue weighted by Gasteiger charge is -2.14. The quantitative estimate of drug-likeness (QED) is 0.875. The van der Waals surface area contributed by atoms with Crippen LogP contribution in [0.1, 0.15) is 34.9 Å². The molecule has 0 aromatic carbocycles. The zero-order valence-corrected chi connectivity index (χ0v) is 10.9. The van der Waals surface area contributed by atoms with Gasteiger partial charge in [0.05, 0.1) is 12.1 Å². The van der Waals surface area contributed by atoms with Gasteiger partial charge in [0.15, 0.2) is 0 Å². The number of nitrogens with zero attached hydrogens (tertiary/aromatic N) is 2. The van der Waals surface area contributed by atoms with Gasteiger partial charge in [-0.3, -0.25) is 4.79 Å². The summed E-state index contributed by atoms with van der Waals surface area (Å²) >= 11 is 1.44. The highest BCUT2D eigenvalue weighted by atomic mass is 32.1. The number of ether oxygens (including phenoxy) is 1. The Hall–Kier alpha value is -0.980. The standard InChI is InChI=1S/C11H17N3O2S/c1-7(12)10-13-9(6-17-10)11(15)14-4-3-8(5-14)16-2/h6-8H,3-5,12H2,1-2H3. The molecule has 0 aliphatic carbocycles. The van der Waals surface area contributed by atoms with Crippen LogP contribution >= 0.6 is 11.3 Å². The molecule has 2 unspecified atom stereocenters. The highest BCUT2D eigenvalue weighted by Crippen LogP contribution is 2.19.